The van der Waals surface area contributed by atoms with Gasteiger partial charge in [0.1, 0.15) is 11.5 Å². The first kappa shape index (κ1) is 25.2. The highest BCUT2D eigenvalue weighted by molar-refractivity contribution is 7.86. The maximum atomic E-state index is 12.9. The molecule has 0 bridgehead atoms. The van der Waals surface area contributed by atoms with Crippen LogP contribution in [-0.4, -0.2) is 65.6 Å². The van der Waals surface area contributed by atoms with E-state index in [0.29, 0.717) is 25.3 Å². The Labute approximate surface area is 191 Å². The first-order valence-corrected chi connectivity index (χ1v) is 11.3. The van der Waals surface area contributed by atoms with Crippen molar-refractivity contribution in [3.05, 3.63) is 17.5 Å². The molecule has 3 heterocycles. The van der Waals surface area contributed by atoms with E-state index in [1.165, 1.54) is 8.61 Å². The van der Waals surface area contributed by atoms with Gasteiger partial charge in [-0.25, -0.2) is 0 Å². The number of Topliss-reactive ketones (excluding diaryl/α,β-unsaturated/α-hetero) is 1. The molecule has 9 nitrogen and oxygen atoms in total. The van der Waals surface area contributed by atoms with Crippen LogP contribution in [0.25, 0.3) is 0 Å². The minimum absolute atomic E-state index is 0. The lowest BCUT2D eigenvalue weighted by Crippen LogP contribution is -2.55. The Kier molecular flexibility index (Phi) is 8.42. The molecule has 4 rings (SSSR count). The fourth-order valence-electron chi connectivity index (χ4n) is 3.96. The molecule has 1 aromatic heterocycles. The molecule has 1 aromatic rings. The largest absolute Gasteiger partial charge is 0.360 e. The highest BCUT2D eigenvalue weighted by atomic mass is 32.2. The number of nitrogens with one attached hydrogen (secondary N) is 1. The predicted octanol–water partition coefficient (Wildman–Crippen LogP) is 1.27. The molecule has 1 aliphatic carbocycles. The third-order valence-electron chi connectivity index (χ3n) is 5.79. The molecule has 3 fully saturated rings. The van der Waals surface area contributed by atoms with Crippen LogP contribution in [0.4, 0.5) is 0 Å². The number of hydrogen-bond acceptors (Lipinski definition) is 6. The summed E-state index contributed by atoms with van der Waals surface area (Å²) >= 11 is 0. The summed E-state index contributed by atoms with van der Waals surface area (Å²) in [6, 6.07) is 1.35. The van der Waals surface area contributed by atoms with Crippen LogP contribution in [-0.2, 0) is 15.0 Å². The van der Waals surface area contributed by atoms with Gasteiger partial charge < -0.3 is 9.84 Å². The number of carbonyl (C=O) groups is 2. The van der Waals surface area contributed by atoms with Gasteiger partial charge in [0, 0.05) is 56.5 Å². The Bertz CT molecular complexity index is 861. The number of piperidine rings is 2. The van der Waals surface area contributed by atoms with Crippen molar-refractivity contribution in [3.63, 3.8) is 0 Å². The smallest absolute Gasteiger partial charge is 0.282 e. The van der Waals surface area contributed by atoms with Crippen molar-refractivity contribution in [2.75, 3.05) is 19.6 Å². The van der Waals surface area contributed by atoms with Crippen LogP contribution in [0, 0.1) is 0 Å². The van der Waals surface area contributed by atoms with E-state index in [1.807, 2.05) is 6.92 Å². The molecule has 2 atom stereocenters. The summed E-state index contributed by atoms with van der Waals surface area (Å²) in [6.07, 6.45) is 3.78. The van der Waals surface area contributed by atoms with E-state index < -0.39 is 10.2 Å². The summed E-state index contributed by atoms with van der Waals surface area (Å²) in [7, 11) is -3.59. The fraction of sp³-hybridized carbons (Fsp3) is 0.722. The van der Waals surface area contributed by atoms with Crippen molar-refractivity contribution in [2.45, 2.75) is 63.5 Å². The zero-order chi connectivity index (χ0) is 19.9. The molecule has 2 aliphatic heterocycles. The summed E-state index contributed by atoms with van der Waals surface area (Å²) in [5, 5.41) is 6.81. The fourth-order valence-corrected chi connectivity index (χ4v) is 5.77. The van der Waals surface area contributed by atoms with Crippen molar-refractivity contribution < 1.29 is 22.5 Å². The molecule has 1 amide bonds. The van der Waals surface area contributed by atoms with E-state index in [0.717, 1.165) is 18.6 Å². The maximum Gasteiger partial charge on any atom is 0.282 e. The van der Waals surface area contributed by atoms with Gasteiger partial charge in [0.05, 0.1) is 0 Å². The molecule has 1 N–H and O–H groups in total. The van der Waals surface area contributed by atoms with E-state index in [-0.39, 0.29) is 82.4 Å². The second kappa shape index (κ2) is 10.0. The van der Waals surface area contributed by atoms with Crippen molar-refractivity contribution in [1.82, 2.24) is 19.1 Å². The second-order valence-corrected chi connectivity index (χ2v) is 9.87. The van der Waals surface area contributed by atoms with Gasteiger partial charge >= 0.3 is 0 Å². The number of carbonyl (C=O) groups excluding carboxylic acids is 2. The van der Waals surface area contributed by atoms with E-state index in [4.69, 9.17) is 4.52 Å². The van der Waals surface area contributed by atoms with Crippen molar-refractivity contribution >= 4 is 48.9 Å². The molecule has 12 heteroatoms. The molecule has 0 radical (unpaired) electrons. The summed E-state index contributed by atoms with van der Waals surface area (Å²) in [5.74, 6) is 0.990. The number of nitrogens with zero attached hydrogens (tertiary/aromatic N) is 3. The average Bonchev–Trinajstić information content (AvgIpc) is 3.38. The normalized spacial score (nSPS) is 25.8. The number of hydrogen-bond donors (Lipinski definition) is 1. The van der Waals surface area contributed by atoms with Crippen LogP contribution in [0.2, 0.25) is 0 Å². The van der Waals surface area contributed by atoms with Gasteiger partial charge in [-0.1, -0.05) is 5.16 Å². The summed E-state index contributed by atoms with van der Waals surface area (Å²) < 4.78 is 33.9. The first-order valence-electron chi connectivity index (χ1n) is 9.90. The van der Waals surface area contributed by atoms with E-state index >= 15 is 0 Å². The lowest BCUT2D eigenvalue weighted by Gasteiger charge is -2.40. The number of ketones is 1. The monoisotopic (exact) mass is 478 g/mol. The summed E-state index contributed by atoms with van der Waals surface area (Å²) in [4.78, 5) is 23.8. The van der Waals surface area contributed by atoms with Gasteiger partial charge in [-0.15, -0.1) is 0 Å². The third-order valence-corrected chi connectivity index (χ3v) is 7.95. The Morgan fingerprint density at radius 2 is 1.83 bits per heavy atom. The second-order valence-electron chi connectivity index (χ2n) is 7.99. The standard InChI is InChI=1S/C18H26N4O5S.2H2S/c1-12-10-14(19-18(24)16-11-17(27-20-16)13-2-3-13)4-9-22(12)28(25,26)21-7-5-15(23)6-8-21;;/h11-14H,2-10H2,1H3,(H,19,24);2*1H2/t12-,14-;;/m0../s1. The minimum Gasteiger partial charge on any atom is -0.360 e. The van der Waals surface area contributed by atoms with E-state index in [9.17, 15) is 18.0 Å². The predicted molar refractivity (Wildman–Crippen MR) is 121 cm³/mol. The summed E-state index contributed by atoms with van der Waals surface area (Å²) in [5.41, 5.74) is 0.280. The molecule has 0 spiro atoms. The van der Waals surface area contributed by atoms with E-state index in [1.54, 1.807) is 6.07 Å². The molecule has 3 aliphatic rings. The first-order chi connectivity index (χ1) is 13.3. The number of amides is 1. The molecule has 0 aromatic carbocycles. The lowest BCUT2D eigenvalue weighted by molar-refractivity contribution is -0.120. The molecular weight excluding hydrogens is 448 g/mol. The topological polar surface area (TPSA) is 113 Å². The highest BCUT2D eigenvalue weighted by Gasteiger charge is 2.39. The quantitative estimate of drug-likeness (QED) is 0.682. The molecular formula is C18H30N4O5S3. The van der Waals surface area contributed by atoms with Gasteiger partial charge in [0.2, 0.25) is 0 Å². The number of rotatable bonds is 5. The van der Waals surface area contributed by atoms with Crippen LogP contribution in [0.3, 0.4) is 0 Å². The summed E-state index contributed by atoms with van der Waals surface area (Å²) in [6.45, 7) is 2.69. The molecule has 30 heavy (non-hydrogen) atoms. The van der Waals surface area contributed by atoms with Gasteiger partial charge in [-0.2, -0.15) is 44.0 Å². The minimum atomic E-state index is -3.59. The Balaban J connectivity index is 0.00000160. The maximum absolute atomic E-state index is 12.9. The molecule has 0 unspecified atom stereocenters. The van der Waals surface area contributed by atoms with Crippen molar-refractivity contribution in [2.24, 2.45) is 0 Å². The van der Waals surface area contributed by atoms with Crippen molar-refractivity contribution in [3.8, 4) is 0 Å². The average molecular weight is 479 g/mol. The molecule has 2 saturated heterocycles. The molecule has 1 saturated carbocycles. The van der Waals surface area contributed by atoms with Crippen LogP contribution in [0.1, 0.15) is 67.6 Å². The Morgan fingerprint density at radius 3 is 2.43 bits per heavy atom. The van der Waals surface area contributed by atoms with Gasteiger partial charge in [-0.3, -0.25) is 9.59 Å². The lowest BCUT2D eigenvalue weighted by atomic mass is 10.0. The number of aromatic nitrogens is 1. The van der Waals surface area contributed by atoms with Gasteiger partial charge in [-0.05, 0) is 32.6 Å². The van der Waals surface area contributed by atoms with Gasteiger partial charge in [0.15, 0.2) is 5.69 Å². The zero-order valence-corrected chi connectivity index (χ0v) is 19.8. The third kappa shape index (κ3) is 5.39. The van der Waals surface area contributed by atoms with Crippen LogP contribution in [0.15, 0.2) is 10.6 Å². The Hall–Kier alpha value is -1.08. The van der Waals surface area contributed by atoms with Crippen LogP contribution in [0.5, 0.6) is 0 Å². The van der Waals surface area contributed by atoms with Crippen LogP contribution >= 0.6 is 27.0 Å². The SMILES string of the molecule is C[C@H]1C[C@@H](NC(=O)c2cc(C3CC3)on2)CCN1S(=O)(=O)N1CCC(=O)CC1.S.S. The zero-order valence-electron chi connectivity index (χ0n) is 17.0. The van der Waals surface area contributed by atoms with Crippen LogP contribution < -0.4 is 5.32 Å². The van der Waals surface area contributed by atoms with Gasteiger partial charge in [0.25, 0.3) is 16.1 Å². The highest BCUT2D eigenvalue weighted by Crippen LogP contribution is 2.40. The van der Waals surface area contributed by atoms with E-state index in [2.05, 4.69) is 10.5 Å². The van der Waals surface area contributed by atoms with Crippen molar-refractivity contribution in [1.29, 1.82) is 0 Å². The molecule has 170 valence electrons. The Morgan fingerprint density at radius 1 is 1.17 bits per heavy atom.